The van der Waals surface area contributed by atoms with E-state index in [1.165, 1.54) is 0 Å². The lowest BCUT2D eigenvalue weighted by atomic mass is 10.2. The van der Waals surface area contributed by atoms with Gasteiger partial charge in [0.2, 0.25) is 5.91 Å². The van der Waals surface area contributed by atoms with Crippen molar-refractivity contribution < 1.29 is 28.6 Å². The largest absolute Gasteiger partial charge is 0.486 e. The molecule has 0 saturated heterocycles. The van der Waals surface area contributed by atoms with Crippen molar-refractivity contribution >= 4 is 40.9 Å². The third kappa shape index (κ3) is 4.62. The van der Waals surface area contributed by atoms with Gasteiger partial charge in [0.25, 0.3) is 5.91 Å². The molecule has 0 atom stereocenters. The molecule has 0 fully saturated rings. The van der Waals surface area contributed by atoms with Crippen LogP contribution in [0.25, 0.3) is 0 Å². The number of carbonyl (C=O) groups is 3. The maximum Gasteiger partial charge on any atom is 0.338 e. The average Bonchev–Trinajstić information content (AvgIpc) is 2.91. The molecule has 0 spiro atoms. The number of nitrogens with one attached hydrogen (secondary N) is 2. The lowest BCUT2D eigenvalue weighted by Crippen LogP contribution is -2.21. The van der Waals surface area contributed by atoms with Crippen molar-refractivity contribution in [2.45, 2.75) is 11.3 Å². The van der Waals surface area contributed by atoms with Crippen LogP contribution in [0.2, 0.25) is 0 Å². The minimum Gasteiger partial charge on any atom is -0.486 e. The molecule has 4 rings (SSSR count). The number of esters is 1. The van der Waals surface area contributed by atoms with E-state index in [9.17, 15) is 14.4 Å². The number of rotatable bonds is 4. The molecular formula is C20H18N2O6S. The monoisotopic (exact) mass is 414 g/mol. The van der Waals surface area contributed by atoms with Gasteiger partial charge in [0, 0.05) is 28.8 Å². The van der Waals surface area contributed by atoms with Gasteiger partial charge >= 0.3 is 5.97 Å². The summed E-state index contributed by atoms with van der Waals surface area (Å²) >= 11 is 1.54. The molecule has 2 N–H and O–H groups in total. The Morgan fingerprint density at radius 2 is 1.93 bits per heavy atom. The minimum atomic E-state index is -0.645. The molecule has 2 aromatic carbocycles. The summed E-state index contributed by atoms with van der Waals surface area (Å²) in [5.41, 5.74) is 1.35. The molecule has 0 bridgehead atoms. The van der Waals surface area contributed by atoms with Gasteiger partial charge in [0.15, 0.2) is 18.1 Å². The number of benzene rings is 2. The van der Waals surface area contributed by atoms with Crippen LogP contribution in [0.3, 0.4) is 0 Å². The summed E-state index contributed by atoms with van der Waals surface area (Å²) in [5.74, 6) is 0.635. The Labute approximate surface area is 170 Å². The summed E-state index contributed by atoms with van der Waals surface area (Å²) in [7, 11) is 0. The van der Waals surface area contributed by atoms with E-state index in [1.54, 1.807) is 48.2 Å². The highest BCUT2D eigenvalue weighted by molar-refractivity contribution is 7.99. The molecule has 8 nitrogen and oxygen atoms in total. The molecule has 150 valence electrons. The number of ether oxygens (including phenoxy) is 3. The van der Waals surface area contributed by atoms with Crippen LogP contribution < -0.4 is 20.1 Å². The number of fused-ring (bicyclic) bond motifs is 2. The van der Waals surface area contributed by atoms with Crippen LogP contribution in [-0.4, -0.2) is 43.4 Å². The number of hydrogen-bond donors (Lipinski definition) is 2. The molecule has 0 radical (unpaired) electrons. The van der Waals surface area contributed by atoms with Gasteiger partial charge in [-0.05, 0) is 30.3 Å². The highest BCUT2D eigenvalue weighted by Gasteiger charge is 2.18. The van der Waals surface area contributed by atoms with Gasteiger partial charge in [-0.1, -0.05) is 0 Å². The second-order valence-electron chi connectivity index (χ2n) is 6.34. The van der Waals surface area contributed by atoms with Crippen LogP contribution in [0.1, 0.15) is 16.8 Å². The summed E-state index contributed by atoms with van der Waals surface area (Å²) in [6, 6.07) is 9.98. The van der Waals surface area contributed by atoms with Gasteiger partial charge in [0.05, 0.1) is 11.3 Å². The fourth-order valence-corrected chi connectivity index (χ4v) is 3.82. The van der Waals surface area contributed by atoms with Crippen molar-refractivity contribution in [3.63, 3.8) is 0 Å². The summed E-state index contributed by atoms with van der Waals surface area (Å²) in [6.07, 6.45) is 0.416. The molecule has 2 aromatic rings. The molecule has 0 saturated carbocycles. The van der Waals surface area contributed by atoms with Crippen molar-refractivity contribution in [2.75, 3.05) is 36.2 Å². The quantitative estimate of drug-likeness (QED) is 0.742. The Kier molecular flexibility index (Phi) is 5.57. The summed E-state index contributed by atoms with van der Waals surface area (Å²) in [4.78, 5) is 37.0. The smallest absolute Gasteiger partial charge is 0.338 e. The molecule has 0 aliphatic carbocycles. The number of amides is 2. The van der Waals surface area contributed by atoms with Gasteiger partial charge < -0.3 is 24.8 Å². The van der Waals surface area contributed by atoms with Gasteiger partial charge in [-0.15, -0.1) is 11.8 Å². The second-order valence-corrected chi connectivity index (χ2v) is 7.48. The molecule has 2 heterocycles. The van der Waals surface area contributed by atoms with Crippen molar-refractivity contribution in [1.29, 1.82) is 0 Å². The summed E-state index contributed by atoms with van der Waals surface area (Å²) in [6.45, 7) is 0.493. The molecule has 2 aliphatic rings. The molecule has 0 aromatic heterocycles. The van der Waals surface area contributed by atoms with Crippen LogP contribution in [0, 0.1) is 0 Å². The van der Waals surface area contributed by atoms with E-state index in [-0.39, 0.29) is 11.5 Å². The number of thioether (sulfide) groups is 1. The summed E-state index contributed by atoms with van der Waals surface area (Å²) < 4.78 is 16.0. The summed E-state index contributed by atoms with van der Waals surface area (Å²) in [5, 5.41) is 5.42. The maximum atomic E-state index is 12.3. The van der Waals surface area contributed by atoms with E-state index in [0.717, 1.165) is 4.90 Å². The zero-order chi connectivity index (χ0) is 20.2. The fourth-order valence-electron chi connectivity index (χ4n) is 2.88. The predicted molar refractivity (Wildman–Crippen MR) is 107 cm³/mol. The standard InChI is InChI=1S/C20H18N2O6S/c23-18-5-8-29-17-4-1-12(9-14(17)22-18)20(25)28-11-19(24)21-13-2-3-15-16(10-13)27-7-6-26-15/h1-4,9-10H,5-8,11H2,(H,21,24)(H,22,23). The van der Waals surface area contributed by atoms with Gasteiger partial charge in [-0.3, -0.25) is 9.59 Å². The Balaban J connectivity index is 1.35. The Hall–Kier alpha value is -3.20. The van der Waals surface area contributed by atoms with Gasteiger partial charge in [-0.2, -0.15) is 0 Å². The number of hydrogen-bond acceptors (Lipinski definition) is 7. The molecular weight excluding hydrogens is 396 g/mol. The first-order valence-electron chi connectivity index (χ1n) is 9.02. The van der Waals surface area contributed by atoms with Crippen LogP contribution in [0.4, 0.5) is 11.4 Å². The first-order chi connectivity index (χ1) is 14.1. The van der Waals surface area contributed by atoms with Crippen molar-refractivity contribution in [1.82, 2.24) is 0 Å². The van der Waals surface area contributed by atoms with Crippen LogP contribution in [0.15, 0.2) is 41.3 Å². The topological polar surface area (TPSA) is 103 Å². The van der Waals surface area contributed by atoms with Crippen molar-refractivity contribution in [2.24, 2.45) is 0 Å². The van der Waals surface area contributed by atoms with E-state index < -0.39 is 18.5 Å². The molecule has 2 aliphatic heterocycles. The van der Waals surface area contributed by atoms with Crippen LogP contribution in [-0.2, 0) is 14.3 Å². The van der Waals surface area contributed by atoms with Gasteiger partial charge in [0.1, 0.15) is 13.2 Å². The highest BCUT2D eigenvalue weighted by Crippen LogP contribution is 2.33. The third-order valence-corrected chi connectivity index (χ3v) is 5.31. The first kappa shape index (κ1) is 19.1. The fraction of sp³-hybridized carbons (Fsp3) is 0.250. The highest BCUT2D eigenvalue weighted by atomic mass is 32.2. The lowest BCUT2D eigenvalue weighted by Gasteiger charge is -2.19. The Morgan fingerprint density at radius 1 is 1.10 bits per heavy atom. The first-order valence-corrected chi connectivity index (χ1v) is 10.0. The van der Waals surface area contributed by atoms with E-state index >= 15 is 0 Å². The maximum absolute atomic E-state index is 12.3. The van der Waals surface area contributed by atoms with E-state index in [0.29, 0.717) is 48.3 Å². The van der Waals surface area contributed by atoms with Crippen LogP contribution in [0.5, 0.6) is 11.5 Å². The predicted octanol–water partition coefficient (Wildman–Crippen LogP) is 2.69. The molecule has 0 unspecified atom stereocenters. The molecule has 2 amide bonds. The number of anilines is 2. The zero-order valence-electron chi connectivity index (χ0n) is 15.4. The number of carbonyl (C=O) groups excluding carboxylic acids is 3. The Morgan fingerprint density at radius 3 is 2.79 bits per heavy atom. The van der Waals surface area contributed by atoms with Crippen molar-refractivity contribution in [3.8, 4) is 11.5 Å². The minimum absolute atomic E-state index is 0.0967. The lowest BCUT2D eigenvalue weighted by molar-refractivity contribution is -0.119. The van der Waals surface area contributed by atoms with E-state index in [2.05, 4.69) is 10.6 Å². The third-order valence-electron chi connectivity index (χ3n) is 4.24. The normalized spacial score (nSPS) is 14.8. The molecule has 29 heavy (non-hydrogen) atoms. The average molecular weight is 414 g/mol. The second kappa shape index (κ2) is 8.44. The van der Waals surface area contributed by atoms with E-state index in [1.807, 2.05) is 0 Å². The van der Waals surface area contributed by atoms with Gasteiger partial charge in [-0.25, -0.2) is 4.79 Å². The zero-order valence-corrected chi connectivity index (χ0v) is 16.2. The van der Waals surface area contributed by atoms with Crippen LogP contribution >= 0.6 is 11.8 Å². The Bertz CT molecular complexity index is 977. The van der Waals surface area contributed by atoms with E-state index in [4.69, 9.17) is 14.2 Å². The van der Waals surface area contributed by atoms with Crippen molar-refractivity contribution in [3.05, 3.63) is 42.0 Å². The SMILES string of the molecule is O=C(COC(=O)c1ccc2c(c1)NC(=O)CCS2)Nc1ccc2c(c1)OCCO2. The molecule has 9 heteroatoms.